The number of nitrogens with zero attached hydrogens (tertiary/aromatic N) is 2. The van der Waals surface area contributed by atoms with E-state index in [0.717, 1.165) is 22.2 Å². The molecule has 0 amide bonds. The first kappa shape index (κ1) is 15.5. The lowest BCUT2D eigenvalue weighted by molar-refractivity contribution is 0.608. The Labute approximate surface area is 152 Å². The summed E-state index contributed by atoms with van der Waals surface area (Å²) < 4.78 is 15.4. The lowest BCUT2D eigenvalue weighted by Crippen LogP contribution is -2.18. The Kier molecular flexibility index (Phi) is 4.21. The fourth-order valence-electron chi connectivity index (χ4n) is 2.89. The van der Waals surface area contributed by atoms with Crippen molar-refractivity contribution in [3.8, 4) is 0 Å². The third kappa shape index (κ3) is 2.89. The van der Waals surface area contributed by atoms with Gasteiger partial charge in [-0.1, -0.05) is 46.3 Å². The van der Waals surface area contributed by atoms with Crippen LogP contribution < -0.4 is 5.01 Å². The summed E-state index contributed by atoms with van der Waals surface area (Å²) >= 11 is 5.14. The zero-order valence-corrected chi connectivity index (χ0v) is 15.1. The molecule has 0 aliphatic carbocycles. The maximum Gasteiger partial charge on any atom is 0.148 e. The van der Waals surface area contributed by atoms with Gasteiger partial charge in [0.05, 0.1) is 17.4 Å². The number of thiophene rings is 1. The highest BCUT2D eigenvalue weighted by Gasteiger charge is 2.31. The van der Waals surface area contributed by atoms with Crippen molar-refractivity contribution in [2.45, 2.75) is 12.5 Å². The van der Waals surface area contributed by atoms with E-state index in [2.05, 4.69) is 22.0 Å². The molecule has 2 heterocycles. The molecule has 0 radical (unpaired) electrons. The zero-order chi connectivity index (χ0) is 16.5. The minimum absolute atomic E-state index is 0.0283. The van der Waals surface area contributed by atoms with Crippen LogP contribution in [0.2, 0.25) is 0 Å². The molecule has 1 atom stereocenters. The van der Waals surface area contributed by atoms with E-state index >= 15 is 0 Å². The molecule has 2 nitrogen and oxygen atoms in total. The minimum Gasteiger partial charge on any atom is -0.254 e. The van der Waals surface area contributed by atoms with Crippen LogP contribution in [-0.2, 0) is 0 Å². The number of hydrazone groups is 1. The van der Waals surface area contributed by atoms with E-state index in [1.807, 2.05) is 46.8 Å². The molecule has 1 aromatic heterocycles. The van der Waals surface area contributed by atoms with Crippen molar-refractivity contribution in [2.24, 2.45) is 5.10 Å². The van der Waals surface area contributed by atoms with Gasteiger partial charge in [0.2, 0.25) is 0 Å². The lowest BCUT2D eigenvalue weighted by atomic mass is 10.0. The third-order valence-electron chi connectivity index (χ3n) is 4.06. The number of rotatable bonds is 3. The van der Waals surface area contributed by atoms with Crippen LogP contribution in [0.25, 0.3) is 0 Å². The van der Waals surface area contributed by atoms with Crippen molar-refractivity contribution in [1.82, 2.24) is 0 Å². The predicted octanol–water partition coefficient (Wildman–Crippen LogP) is 6.01. The SMILES string of the molecule is Fc1ccccc1N1N=C(c2ccc(Br)cc2)C[C@@H]1c1cccs1. The summed E-state index contributed by atoms with van der Waals surface area (Å²) in [6.07, 6.45) is 0.760. The first-order valence-corrected chi connectivity index (χ1v) is 9.30. The number of benzene rings is 2. The van der Waals surface area contributed by atoms with Crippen molar-refractivity contribution >= 4 is 38.7 Å². The van der Waals surface area contributed by atoms with Gasteiger partial charge in [-0.25, -0.2) is 4.39 Å². The van der Waals surface area contributed by atoms with E-state index in [1.165, 1.54) is 10.9 Å². The first-order valence-electron chi connectivity index (χ1n) is 7.63. The van der Waals surface area contributed by atoms with E-state index < -0.39 is 0 Å². The van der Waals surface area contributed by atoms with E-state index in [9.17, 15) is 4.39 Å². The van der Waals surface area contributed by atoms with Crippen LogP contribution in [0.4, 0.5) is 10.1 Å². The van der Waals surface area contributed by atoms with Gasteiger partial charge >= 0.3 is 0 Å². The second kappa shape index (κ2) is 6.49. The summed E-state index contributed by atoms with van der Waals surface area (Å²) in [6.45, 7) is 0. The summed E-state index contributed by atoms with van der Waals surface area (Å²) in [4.78, 5) is 1.19. The molecule has 0 fully saturated rings. The maximum atomic E-state index is 14.3. The molecule has 5 heteroatoms. The number of para-hydroxylation sites is 1. The van der Waals surface area contributed by atoms with Crippen molar-refractivity contribution in [2.75, 3.05) is 5.01 Å². The molecular weight excluding hydrogens is 387 g/mol. The molecule has 120 valence electrons. The molecular formula is C19H14BrFN2S. The second-order valence-corrected chi connectivity index (χ2v) is 7.48. The minimum atomic E-state index is -0.250. The molecule has 1 aliphatic rings. The molecule has 0 N–H and O–H groups in total. The summed E-state index contributed by atoms with van der Waals surface area (Å²) in [7, 11) is 0. The van der Waals surface area contributed by atoms with Crippen LogP contribution in [0.5, 0.6) is 0 Å². The van der Waals surface area contributed by atoms with Gasteiger partial charge in [-0.3, -0.25) is 5.01 Å². The predicted molar refractivity (Wildman–Crippen MR) is 101 cm³/mol. The van der Waals surface area contributed by atoms with Gasteiger partial charge in [0, 0.05) is 15.8 Å². The number of halogens is 2. The monoisotopic (exact) mass is 400 g/mol. The topological polar surface area (TPSA) is 15.6 Å². The average molecular weight is 401 g/mol. The number of hydrogen-bond donors (Lipinski definition) is 0. The van der Waals surface area contributed by atoms with Crippen molar-refractivity contribution in [3.05, 3.63) is 86.8 Å². The van der Waals surface area contributed by atoms with Gasteiger partial charge < -0.3 is 0 Å². The Morgan fingerprint density at radius 1 is 1.04 bits per heavy atom. The van der Waals surface area contributed by atoms with Gasteiger partial charge in [-0.15, -0.1) is 11.3 Å². The fourth-order valence-corrected chi connectivity index (χ4v) is 3.97. The molecule has 24 heavy (non-hydrogen) atoms. The summed E-state index contributed by atoms with van der Waals surface area (Å²) in [6, 6.07) is 19.0. The highest BCUT2D eigenvalue weighted by atomic mass is 79.9. The maximum absolute atomic E-state index is 14.3. The summed E-state index contributed by atoms with van der Waals surface area (Å²) in [5.41, 5.74) is 2.56. The molecule has 4 rings (SSSR count). The standard InChI is InChI=1S/C19H14BrFN2S/c20-14-9-7-13(8-10-14)16-12-18(19-6-3-11-24-19)23(22-16)17-5-2-1-4-15(17)21/h1-11,18H,12H2/t18-/m1/s1. The molecule has 0 unspecified atom stereocenters. The first-order chi connectivity index (χ1) is 11.7. The number of anilines is 1. The van der Waals surface area contributed by atoms with Gasteiger partial charge in [-0.05, 0) is 41.3 Å². The Morgan fingerprint density at radius 2 is 1.83 bits per heavy atom. The molecule has 2 aromatic carbocycles. The molecule has 1 aliphatic heterocycles. The Bertz CT molecular complexity index is 875. The largest absolute Gasteiger partial charge is 0.254 e. The van der Waals surface area contributed by atoms with Gasteiger partial charge in [0.15, 0.2) is 0 Å². The van der Waals surface area contributed by atoms with Crippen LogP contribution >= 0.6 is 27.3 Å². The van der Waals surface area contributed by atoms with E-state index in [1.54, 1.807) is 23.5 Å². The smallest absolute Gasteiger partial charge is 0.148 e. The Morgan fingerprint density at radius 3 is 2.54 bits per heavy atom. The lowest BCUT2D eigenvalue weighted by Gasteiger charge is -2.22. The molecule has 3 aromatic rings. The van der Waals surface area contributed by atoms with Crippen LogP contribution in [0.1, 0.15) is 22.9 Å². The van der Waals surface area contributed by atoms with Gasteiger partial charge in [-0.2, -0.15) is 5.10 Å². The quantitative estimate of drug-likeness (QED) is 0.525. The second-order valence-electron chi connectivity index (χ2n) is 5.58. The Balaban J connectivity index is 1.77. The normalized spacial score (nSPS) is 17.2. The fraction of sp³-hybridized carbons (Fsp3) is 0.105. The van der Waals surface area contributed by atoms with E-state index in [0.29, 0.717) is 5.69 Å². The highest BCUT2D eigenvalue weighted by Crippen LogP contribution is 2.39. The molecule has 0 spiro atoms. The van der Waals surface area contributed by atoms with Gasteiger partial charge in [0.1, 0.15) is 5.82 Å². The molecule has 0 saturated heterocycles. The van der Waals surface area contributed by atoms with Crippen LogP contribution in [-0.4, -0.2) is 5.71 Å². The third-order valence-corrected chi connectivity index (χ3v) is 5.56. The summed E-state index contributed by atoms with van der Waals surface area (Å²) in [5.74, 6) is -0.250. The van der Waals surface area contributed by atoms with Crippen molar-refractivity contribution in [1.29, 1.82) is 0 Å². The highest BCUT2D eigenvalue weighted by molar-refractivity contribution is 9.10. The van der Waals surface area contributed by atoms with E-state index in [4.69, 9.17) is 5.10 Å². The zero-order valence-electron chi connectivity index (χ0n) is 12.7. The average Bonchev–Trinajstić information content (AvgIpc) is 3.25. The Hall–Kier alpha value is -1.98. The van der Waals surface area contributed by atoms with E-state index in [-0.39, 0.29) is 11.9 Å². The van der Waals surface area contributed by atoms with Crippen molar-refractivity contribution in [3.63, 3.8) is 0 Å². The molecule has 0 bridgehead atoms. The van der Waals surface area contributed by atoms with Crippen molar-refractivity contribution < 1.29 is 4.39 Å². The van der Waals surface area contributed by atoms with Gasteiger partial charge in [0.25, 0.3) is 0 Å². The number of hydrogen-bond acceptors (Lipinski definition) is 3. The van der Waals surface area contributed by atoms with Crippen LogP contribution in [0, 0.1) is 5.82 Å². The summed E-state index contributed by atoms with van der Waals surface area (Å²) in [5, 5.41) is 8.62. The van der Waals surface area contributed by atoms with Crippen LogP contribution in [0.15, 0.2) is 75.6 Å². The molecule has 0 saturated carbocycles. The van der Waals surface area contributed by atoms with Crippen LogP contribution in [0.3, 0.4) is 0 Å².